The van der Waals surface area contributed by atoms with Gasteiger partial charge in [-0.3, -0.25) is 23.5 Å². The standard InChI is InChI=1S/C16H27N2O4P/c1-3-20-23(19,21-4-2)22-13-12-18-11-6-5-9-16(18)15-8-7-10-17-14-15/h7-8,10,14,16H,3-6,9,11-13H2,1-2H3/t16-/m1/s1. The fraction of sp³-hybridized carbons (Fsp3) is 0.688. The Balaban J connectivity index is 1.91. The van der Waals surface area contributed by atoms with Gasteiger partial charge in [0.25, 0.3) is 0 Å². The van der Waals surface area contributed by atoms with Gasteiger partial charge in [0, 0.05) is 25.0 Å². The molecule has 0 aromatic carbocycles. The number of aromatic nitrogens is 1. The minimum Gasteiger partial charge on any atom is -0.294 e. The van der Waals surface area contributed by atoms with E-state index in [2.05, 4.69) is 16.0 Å². The molecule has 0 unspecified atom stereocenters. The number of nitrogens with zero attached hydrogens (tertiary/aromatic N) is 2. The molecule has 1 fully saturated rings. The highest BCUT2D eigenvalue weighted by Crippen LogP contribution is 2.49. The van der Waals surface area contributed by atoms with Crippen LogP contribution in [-0.2, 0) is 18.1 Å². The van der Waals surface area contributed by atoms with E-state index in [0.29, 0.717) is 32.4 Å². The maximum absolute atomic E-state index is 12.3. The molecular weight excluding hydrogens is 315 g/mol. The lowest BCUT2D eigenvalue weighted by atomic mass is 9.96. The van der Waals surface area contributed by atoms with Gasteiger partial charge < -0.3 is 0 Å². The van der Waals surface area contributed by atoms with Crippen molar-refractivity contribution in [1.82, 2.24) is 9.88 Å². The van der Waals surface area contributed by atoms with E-state index < -0.39 is 7.82 Å². The van der Waals surface area contributed by atoms with Crippen molar-refractivity contribution in [2.75, 3.05) is 32.9 Å². The van der Waals surface area contributed by atoms with Gasteiger partial charge >= 0.3 is 7.82 Å². The first-order chi connectivity index (χ1) is 11.2. The van der Waals surface area contributed by atoms with Gasteiger partial charge in [0.05, 0.1) is 19.8 Å². The highest BCUT2D eigenvalue weighted by molar-refractivity contribution is 7.48. The Hall–Kier alpha value is -0.780. The van der Waals surface area contributed by atoms with Gasteiger partial charge in [-0.1, -0.05) is 12.5 Å². The molecule has 1 atom stereocenters. The van der Waals surface area contributed by atoms with E-state index in [0.717, 1.165) is 13.0 Å². The van der Waals surface area contributed by atoms with Crippen LogP contribution in [0.1, 0.15) is 44.7 Å². The molecule has 0 spiro atoms. The van der Waals surface area contributed by atoms with Crippen molar-refractivity contribution in [1.29, 1.82) is 0 Å². The van der Waals surface area contributed by atoms with Crippen LogP contribution >= 0.6 is 7.82 Å². The van der Waals surface area contributed by atoms with Crippen LogP contribution in [0.4, 0.5) is 0 Å². The van der Waals surface area contributed by atoms with Crippen LogP contribution in [0.25, 0.3) is 0 Å². The van der Waals surface area contributed by atoms with Gasteiger partial charge in [-0.15, -0.1) is 0 Å². The SMILES string of the molecule is CCOP(=O)(OCC)OCCN1CCCC[C@@H]1c1cccnc1. The van der Waals surface area contributed by atoms with Gasteiger partial charge in [-0.2, -0.15) is 0 Å². The maximum Gasteiger partial charge on any atom is 0.474 e. The monoisotopic (exact) mass is 342 g/mol. The minimum absolute atomic E-state index is 0.305. The highest BCUT2D eigenvalue weighted by Gasteiger charge is 2.28. The van der Waals surface area contributed by atoms with Crippen LogP contribution in [0, 0.1) is 0 Å². The molecule has 2 heterocycles. The van der Waals surface area contributed by atoms with Gasteiger partial charge in [-0.25, -0.2) is 4.57 Å². The molecule has 0 radical (unpaired) electrons. The summed E-state index contributed by atoms with van der Waals surface area (Å²) in [5.41, 5.74) is 1.23. The molecule has 1 aliphatic rings. The van der Waals surface area contributed by atoms with E-state index in [-0.39, 0.29) is 0 Å². The quantitative estimate of drug-likeness (QED) is 0.636. The van der Waals surface area contributed by atoms with Crippen LogP contribution in [0.3, 0.4) is 0 Å². The first-order valence-electron chi connectivity index (χ1n) is 8.36. The Morgan fingerprint density at radius 3 is 2.70 bits per heavy atom. The van der Waals surface area contributed by atoms with E-state index in [1.54, 1.807) is 20.0 Å². The van der Waals surface area contributed by atoms with Gasteiger partial charge in [0.2, 0.25) is 0 Å². The third kappa shape index (κ3) is 5.66. The summed E-state index contributed by atoms with van der Waals surface area (Å²) in [7, 11) is -3.42. The number of phosphoric ester groups is 1. The molecule has 1 aromatic heterocycles. The van der Waals surface area contributed by atoms with E-state index in [1.165, 1.54) is 18.4 Å². The molecule has 0 N–H and O–H groups in total. The van der Waals surface area contributed by atoms with Crippen molar-refractivity contribution in [2.24, 2.45) is 0 Å². The second-order valence-corrected chi connectivity index (χ2v) is 7.12. The summed E-state index contributed by atoms with van der Waals surface area (Å²) in [6, 6.07) is 4.43. The van der Waals surface area contributed by atoms with Gasteiger partial charge in [0.15, 0.2) is 0 Å². The molecule has 0 aliphatic carbocycles. The molecule has 7 heteroatoms. The molecule has 0 bridgehead atoms. The number of likely N-dealkylation sites (tertiary alicyclic amines) is 1. The topological polar surface area (TPSA) is 60.9 Å². The molecule has 1 saturated heterocycles. The Morgan fingerprint density at radius 2 is 2.04 bits per heavy atom. The predicted octanol–water partition coefficient (Wildman–Crippen LogP) is 3.81. The number of rotatable bonds is 9. The van der Waals surface area contributed by atoms with E-state index in [1.807, 2.05) is 12.3 Å². The number of hydrogen-bond acceptors (Lipinski definition) is 6. The van der Waals surface area contributed by atoms with E-state index in [4.69, 9.17) is 13.6 Å². The second-order valence-electron chi connectivity index (χ2n) is 5.45. The fourth-order valence-corrected chi connectivity index (χ4v) is 4.07. The van der Waals surface area contributed by atoms with Crippen LogP contribution in [0.5, 0.6) is 0 Å². The van der Waals surface area contributed by atoms with E-state index in [9.17, 15) is 4.57 Å². The largest absolute Gasteiger partial charge is 0.474 e. The Morgan fingerprint density at radius 1 is 1.26 bits per heavy atom. The Labute approximate surface area is 138 Å². The van der Waals surface area contributed by atoms with Crippen molar-refractivity contribution in [3.63, 3.8) is 0 Å². The van der Waals surface area contributed by atoms with Crippen LogP contribution < -0.4 is 0 Å². The number of piperidine rings is 1. The Kier molecular flexibility index (Phi) is 7.66. The summed E-state index contributed by atoms with van der Waals surface area (Å²) < 4.78 is 28.1. The number of hydrogen-bond donors (Lipinski definition) is 0. The third-order valence-electron chi connectivity index (χ3n) is 3.89. The number of pyridine rings is 1. The normalized spacial score (nSPS) is 19.8. The second kappa shape index (κ2) is 9.50. The zero-order chi connectivity index (χ0) is 16.5. The van der Waals surface area contributed by atoms with Gasteiger partial charge in [-0.05, 0) is 44.9 Å². The van der Waals surface area contributed by atoms with Crippen molar-refractivity contribution >= 4 is 7.82 Å². The smallest absolute Gasteiger partial charge is 0.294 e. The lowest BCUT2D eigenvalue weighted by molar-refractivity contribution is 0.0862. The molecule has 2 rings (SSSR count). The van der Waals surface area contributed by atoms with Crippen molar-refractivity contribution in [3.05, 3.63) is 30.1 Å². The molecule has 23 heavy (non-hydrogen) atoms. The summed E-state index contributed by atoms with van der Waals surface area (Å²) >= 11 is 0. The average molecular weight is 342 g/mol. The fourth-order valence-electron chi connectivity index (χ4n) is 2.91. The highest BCUT2D eigenvalue weighted by atomic mass is 31.2. The van der Waals surface area contributed by atoms with Crippen LogP contribution in [0.15, 0.2) is 24.5 Å². The molecule has 0 amide bonds. The predicted molar refractivity (Wildman–Crippen MR) is 89.2 cm³/mol. The van der Waals surface area contributed by atoms with Crippen LogP contribution in [-0.4, -0.2) is 42.8 Å². The minimum atomic E-state index is -3.42. The molecule has 6 nitrogen and oxygen atoms in total. The first-order valence-corrected chi connectivity index (χ1v) is 9.82. The molecule has 1 aliphatic heterocycles. The zero-order valence-electron chi connectivity index (χ0n) is 14.0. The lowest BCUT2D eigenvalue weighted by Crippen LogP contribution is -2.35. The van der Waals surface area contributed by atoms with Crippen LogP contribution in [0.2, 0.25) is 0 Å². The van der Waals surface area contributed by atoms with Crippen molar-refractivity contribution in [3.8, 4) is 0 Å². The summed E-state index contributed by atoms with van der Waals surface area (Å²) in [4.78, 5) is 6.58. The first kappa shape index (κ1) is 18.6. The Bertz CT molecular complexity index is 490. The van der Waals surface area contributed by atoms with Crippen molar-refractivity contribution in [2.45, 2.75) is 39.2 Å². The van der Waals surface area contributed by atoms with Gasteiger partial charge in [0.1, 0.15) is 0 Å². The van der Waals surface area contributed by atoms with Crippen molar-refractivity contribution < 1.29 is 18.1 Å². The lowest BCUT2D eigenvalue weighted by Gasteiger charge is -2.35. The summed E-state index contributed by atoms with van der Waals surface area (Å²) in [6.07, 6.45) is 7.22. The summed E-state index contributed by atoms with van der Waals surface area (Å²) in [6.45, 7) is 6.20. The number of phosphoric acid groups is 1. The third-order valence-corrected chi connectivity index (χ3v) is 5.53. The molecular formula is C16H27N2O4P. The zero-order valence-corrected chi connectivity index (χ0v) is 14.9. The summed E-state index contributed by atoms with van der Waals surface area (Å²) in [5, 5.41) is 0. The molecule has 0 saturated carbocycles. The summed E-state index contributed by atoms with van der Waals surface area (Å²) in [5.74, 6) is 0. The molecule has 130 valence electrons. The van der Waals surface area contributed by atoms with E-state index >= 15 is 0 Å². The molecule has 1 aromatic rings. The average Bonchev–Trinajstić information content (AvgIpc) is 2.56. The maximum atomic E-state index is 12.3.